The Bertz CT molecular complexity index is 474. The summed E-state index contributed by atoms with van der Waals surface area (Å²) in [7, 11) is 4.18. The number of benzene rings is 2. The summed E-state index contributed by atoms with van der Waals surface area (Å²) in [5.74, 6) is 0. The third-order valence-corrected chi connectivity index (χ3v) is 3.04. The summed E-state index contributed by atoms with van der Waals surface area (Å²) in [5.41, 5.74) is 3.91. The second kappa shape index (κ2) is 6.95. The minimum absolute atomic E-state index is 0.969. The Balaban J connectivity index is 1.80. The molecule has 0 spiro atoms. The van der Waals surface area contributed by atoms with E-state index < -0.39 is 0 Å². The molecule has 0 aliphatic carbocycles. The van der Waals surface area contributed by atoms with E-state index in [0.717, 1.165) is 19.5 Å². The van der Waals surface area contributed by atoms with Crippen LogP contribution in [0.15, 0.2) is 54.6 Å². The molecule has 0 atom stereocenters. The first-order valence-electron chi connectivity index (χ1n) is 6.75. The van der Waals surface area contributed by atoms with Gasteiger partial charge in [0.2, 0.25) is 0 Å². The van der Waals surface area contributed by atoms with E-state index in [0.29, 0.717) is 0 Å². The zero-order valence-corrected chi connectivity index (χ0v) is 11.8. The number of hydrogen-bond donors (Lipinski definition) is 1. The van der Waals surface area contributed by atoms with E-state index in [-0.39, 0.29) is 0 Å². The maximum atomic E-state index is 3.46. The lowest BCUT2D eigenvalue weighted by molar-refractivity contribution is 0.402. The fourth-order valence-corrected chi connectivity index (χ4v) is 2.09. The quantitative estimate of drug-likeness (QED) is 0.850. The SMILES string of the molecule is CN(C)Cc1ccc(NCCc2ccccc2)cc1. The minimum atomic E-state index is 0.969. The van der Waals surface area contributed by atoms with Crippen LogP contribution >= 0.6 is 0 Å². The van der Waals surface area contributed by atoms with Crippen LogP contribution < -0.4 is 5.32 Å². The van der Waals surface area contributed by atoms with Gasteiger partial charge in [0.15, 0.2) is 0 Å². The molecule has 0 unspecified atom stereocenters. The van der Waals surface area contributed by atoms with Crippen molar-refractivity contribution in [2.24, 2.45) is 0 Å². The Hall–Kier alpha value is -1.80. The zero-order chi connectivity index (χ0) is 13.5. The summed E-state index contributed by atoms with van der Waals surface area (Å²) < 4.78 is 0. The van der Waals surface area contributed by atoms with Crippen LogP contribution in [-0.4, -0.2) is 25.5 Å². The number of rotatable bonds is 6. The first-order chi connectivity index (χ1) is 9.24. The number of anilines is 1. The molecule has 0 aromatic heterocycles. The molecule has 0 radical (unpaired) electrons. The lowest BCUT2D eigenvalue weighted by atomic mass is 10.1. The maximum Gasteiger partial charge on any atom is 0.0340 e. The van der Waals surface area contributed by atoms with Gasteiger partial charge in [0.05, 0.1) is 0 Å². The van der Waals surface area contributed by atoms with Crippen LogP contribution in [0.1, 0.15) is 11.1 Å². The molecule has 0 heterocycles. The summed E-state index contributed by atoms with van der Waals surface area (Å²) >= 11 is 0. The summed E-state index contributed by atoms with van der Waals surface area (Å²) in [6.07, 6.45) is 1.06. The topological polar surface area (TPSA) is 15.3 Å². The standard InChI is InChI=1S/C17H22N2/c1-19(2)14-16-8-10-17(11-9-16)18-13-12-15-6-4-3-5-7-15/h3-11,18H,12-14H2,1-2H3. The molecule has 1 N–H and O–H groups in total. The normalized spacial score (nSPS) is 10.7. The molecule has 0 saturated heterocycles. The van der Waals surface area contributed by atoms with Crippen LogP contribution in [0.25, 0.3) is 0 Å². The van der Waals surface area contributed by atoms with Gasteiger partial charge in [-0.3, -0.25) is 0 Å². The Kier molecular flexibility index (Phi) is 4.99. The Labute approximate surface area is 116 Å². The lowest BCUT2D eigenvalue weighted by Crippen LogP contribution is -2.10. The maximum absolute atomic E-state index is 3.46. The molecule has 0 fully saturated rings. The summed E-state index contributed by atoms with van der Waals surface area (Å²) in [6, 6.07) is 19.3. The van der Waals surface area contributed by atoms with E-state index in [1.54, 1.807) is 0 Å². The van der Waals surface area contributed by atoms with Crippen LogP contribution in [0.4, 0.5) is 5.69 Å². The van der Waals surface area contributed by atoms with Gasteiger partial charge < -0.3 is 10.2 Å². The molecular weight excluding hydrogens is 232 g/mol. The molecule has 2 heteroatoms. The van der Waals surface area contributed by atoms with Crippen molar-refractivity contribution in [1.29, 1.82) is 0 Å². The lowest BCUT2D eigenvalue weighted by Gasteiger charge is -2.11. The van der Waals surface area contributed by atoms with E-state index in [9.17, 15) is 0 Å². The van der Waals surface area contributed by atoms with Crippen LogP contribution in [-0.2, 0) is 13.0 Å². The molecule has 0 bridgehead atoms. The number of nitrogens with zero attached hydrogens (tertiary/aromatic N) is 1. The van der Waals surface area contributed by atoms with Gasteiger partial charge in [-0.2, -0.15) is 0 Å². The smallest absolute Gasteiger partial charge is 0.0340 e. The number of hydrogen-bond acceptors (Lipinski definition) is 2. The molecule has 100 valence electrons. The predicted molar refractivity (Wildman–Crippen MR) is 82.5 cm³/mol. The minimum Gasteiger partial charge on any atom is -0.385 e. The highest BCUT2D eigenvalue weighted by Gasteiger charge is 1.96. The monoisotopic (exact) mass is 254 g/mol. The highest BCUT2D eigenvalue weighted by Crippen LogP contribution is 2.11. The molecule has 0 aliphatic heterocycles. The van der Waals surface area contributed by atoms with Crippen LogP contribution in [0, 0.1) is 0 Å². The molecule has 2 aromatic rings. The summed E-state index contributed by atoms with van der Waals surface area (Å²) in [6.45, 7) is 1.96. The summed E-state index contributed by atoms with van der Waals surface area (Å²) in [5, 5.41) is 3.46. The zero-order valence-electron chi connectivity index (χ0n) is 11.8. The van der Waals surface area contributed by atoms with E-state index in [1.165, 1.54) is 16.8 Å². The molecule has 0 saturated carbocycles. The van der Waals surface area contributed by atoms with Gasteiger partial charge >= 0.3 is 0 Å². The van der Waals surface area contributed by atoms with Crippen LogP contribution in [0.2, 0.25) is 0 Å². The molecular formula is C17H22N2. The molecule has 2 nitrogen and oxygen atoms in total. The Morgan fingerprint density at radius 3 is 2.16 bits per heavy atom. The van der Waals surface area contributed by atoms with E-state index in [2.05, 4.69) is 78.9 Å². The average Bonchev–Trinajstić information content (AvgIpc) is 2.41. The van der Waals surface area contributed by atoms with E-state index in [4.69, 9.17) is 0 Å². The van der Waals surface area contributed by atoms with Crippen molar-refractivity contribution in [3.63, 3.8) is 0 Å². The Morgan fingerprint density at radius 1 is 0.842 bits per heavy atom. The first-order valence-corrected chi connectivity index (χ1v) is 6.75. The second-order valence-corrected chi connectivity index (χ2v) is 5.10. The van der Waals surface area contributed by atoms with Gasteiger partial charge in [0, 0.05) is 18.8 Å². The van der Waals surface area contributed by atoms with Crippen LogP contribution in [0.3, 0.4) is 0 Å². The van der Waals surface area contributed by atoms with E-state index in [1.807, 2.05) is 0 Å². The Morgan fingerprint density at radius 2 is 1.53 bits per heavy atom. The van der Waals surface area contributed by atoms with Gasteiger partial charge in [-0.25, -0.2) is 0 Å². The van der Waals surface area contributed by atoms with Gasteiger partial charge in [-0.1, -0.05) is 42.5 Å². The number of nitrogens with one attached hydrogen (secondary N) is 1. The third-order valence-electron chi connectivity index (χ3n) is 3.04. The second-order valence-electron chi connectivity index (χ2n) is 5.10. The van der Waals surface area contributed by atoms with Crippen molar-refractivity contribution in [2.45, 2.75) is 13.0 Å². The van der Waals surface area contributed by atoms with Crippen molar-refractivity contribution in [3.8, 4) is 0 Å². The van der Waals surface area contributed by atoms with Gasteiger partial charge in [-0.05, 0) is 43.8 Å². The highest BCUT2D eigenvalue weighted by atomic mass is 15.0. The highest BCUT2D eigenvalue weighted by molar-refractivity contribution is 5.44. The van der Waals surface area contributed by atoms with Crippen molar-refractivity contribution in [3.05, 3.63) is 65.7 Å². The molecule has 19 heavy (non-hydrogen) atoms. The fourth-order valence-electron chi connectivity index (χ4n) is 2.09. The van der Waals surface area contributed by atoms with Gasteiger partial charge in [0.1, 0.15) is 0 Å². The first kappa shape index (κ1) is 13.6. The molecule has 0 amide bonds. The third kappa shape index (κ3) is 4.76. The average molecular weight is 254 g/mol. The fraction of sp³-hybridized carbons (Fsp3) is 0.294. The van der Waals surface area contributed by atoms with Crippen molar-refractivity contribution >= 4 is 5.69 Å². The molecule has 2 aromatic carbocycles. The summed E-state index contributed by atoms with van der Waals surface area (Å²) in [4.78, 5) is 2.18. The van der Waals surface area contributed by atoms with E-state index >= 15 is 0 Å². The predicted octanol–water partition coefficient (Wildman–Crippen LogP) is 3.40. The van der Waals surface area contributed by atoms with Crippen molar-refractivity contribution < 1.29 is 0 Å². The van der Waals surface area contributed by atoms with Gasteiger partial charge in [-0.15, -0.1) is 0 Å². The molecule has 2 rings (SSSR count). The van der Waals surface area contributed by atoms with Gasteiger partial charge in [0.25, 0.3) is 0 Å². The van der Waals surface area contributed by atoms with Crippen LogP contribution in [0.5, 0.6) is 0 Å². The van der Waals surface area contributed by atoms with Crippen molar-refractivity contribution in [1.82, 2.24) is 4.90 Å². The largest absolute Gasteiger partial charge is 0.385 e. The molecule has 0 aliphatic rings. The van der Waals surface area contributed by atoms with Crippen molar-refractivity contribution in [2.75, 3.05) is 26.0 Å².